The molecule has 0 aliphatic heterocycles. The Morgan fingerprint density at radius 2 is 1.82 bits per heavy atom. The Morgan fingerprint density at radius 1 is 1.18 bits per heavy atom. The molecule has 0 heterocycles. The van der Waals surface area contributed by atoms with Crippen molar-refractivity contribution in [1.82, 2.24) is 5.06 Å². The maximum absolute atomic E-state index is 5.41. The highest BCUT2D eigenvalue weighted by Gasteiger charge is 2.13. The fourth-order valence-corrected chi connectivity index (χ4v) is 1.61. The summed E-state index contributed by atoms with van der Waals surface area (Å²) in [5, 5.41) is 1.80. The number of rotatable bonds is 3. The molecule has 0 radical (unpaired) electrons. The number of hydrogen-bond acceptors (Lipinski definition) is 2. The molecule has 66 valence electrons. The minimum Gasteiger partial charge on any atom is -0.299 e. The molecule has 0 aromatic heterocycles. The summed E-state index contributed by atoms with van der Waals surface area (Å²) in [5.41, 5.74) is 0. The van der Waals surface area contributed by atoms with Gasteiger partial charge in [0.05, 0.1) is 6.61 Å². The number of nitrogens with zero attached hydrogens (tertiary/aromatic N) is 1. The molecular weight excluding hydrogens is 138 g/mol. The summed E-state index contributed by atoms with van der Waals surface area (Å²) in [5.74, 6) is 0.825. The summed E-state index contributed by atoms with van der Waals surface area (Å²) in [7, 11) is 3.89. The van der Waals surface area contributed by atoms with Crippen LogP contribution in [0.3, 0.4) is 0 Å². The van der Waals surface area contributed by atoms with E-state index in [-0.39, 0.29) is 0 Å². The standard InChI is InChI=1S/C9H19NO/c1-10(2)11-8-9-6-4-3-5-7-9/h9H,3-8H2,1-2H3. The molecule has 0 bridgehead atoms. The maximum atomic E-state index is 5.41. The molecule has 0 spiro atoms. The first-order chi connectivity index (χ1) is 5.29. The van der Waals surface area contributed by atoms with E-state index in [0.717, 1.165) is 12.5 Å². The molecule has 0 amide bonds. The van der Waals surface area contributed by atoms with Gasteiger partial charge in [0, 0.05) is 14.1 Å². The summed E-state index contributed by atoms with van der Waals surface area (Å²) in [4.78, 5) is 5.41. The molecule has 0 aromatic rings. The highest BCUT2D eigenvalue weighted by Crippen LogP contribution is 2.23. The van der Waals surface area contributed by atoms with Crippen molar-refractivity contribution in [2.75, 3.05) is 20.7 Å². The van der Waals surface area contributed by atoms with Crippen LogP contribution in [0, 0.1) is 5.92 Å². The number of hydroxylamine groups is 2. The van der Waals surface area contributed by atoms with Gasteiger partial charge < -0.3 is 0 Å². The van der Waals surface area contributed by atoms with Gasteiger partial charge in [-0.25, -0.2) is 0 Å². The third-order valence-electron chi connectivity index (χ3n) is 2.29. The van der Waals surface area contributed by atoms with Crippen LogP contribution in [0.15, 0.2) is 0 Å². The van der Waals surface area contributed by atoms with E-state index in [1.54, 1.807) is 5.06 Å². The van der Waals surface area contributed by atoms with Crippen molar-refractivity contribution in [3.63, 3.8) is 0 Å². The molecule has 1 saturated carbocycles. The van der Waals surface area contributed by atoms with Gasteiger partial charge in [-0.2, -0.15) is 5.06 Å². The van der Waals surface area contributed by atoms with E-state index in [4.69, 9.17) is 4.84 Å². The molecule has 1 fully saturated rings. The van der Waals surface area contributed by atoms with Crippen LogP contribution in [0.1, 0.15) is 32.1 Å². The van der Waals surface area contributed by atoms with Crippen molar-refractivity contribution in [2.45, 2.75) is 32.1 Å². The van der Waals surface area contributed by atoms with Crippen LogP contribution in [0.25, 0.3) is 0 Å². The van der Waals surface area contributed by atoms with E-state index in [1.807, 2.05) is 14.1 Å². The molecule has 0 atom stereocenters. The number of hydrogen-bond donors (Lipinski definition) is 0. The van der Waals surface area contributed by atoms with Crippen molar-refractivity contribution in [3.8, 4) is 0 Å². The van der Waals surface area contributed by atoms with Gasteiger partial charge in [0.25, 0.3) is 0 Å². The van der Waals surface area contributed by atoms with Crippen molar-refractivity contribution < 1.29 is 4.84 Å². The van der Waals surface area contributed by atoms with Gasteiger partial charge in [0.1, 0.15) is 0 Å². The molecule has 1 aliphatic carbocycles. The Bertz CT molecular complexity index is 97.7. The molecule has 0 aromatic carbocycles. The Labute approximate surface area is 69.5 Å². The molecule has 0 saturated heterocycles. The van der Waals surface area contributed by atoms with Gasteiger partial charge >= 0.3 is 0 Å². The Balaban J connectivity index is 2.05. The van der Waals surface area contributed by atoms with E-state index >= 15 is 0 Å². The summed E-state index contributed by atoms with van der Waals surface area (Å²) >= 11 is 0. The van der Waals surface area contributed by atoms with Crippen LogP contribution in [0.2, 0.25) is 0 Å². The van der Waals surface area contributed by atoms with E-state index in [2.05, 4.69) is 0 Å². The first-order valence-corrected chi connectivity index (χ1v) is 4.59. The van der Waals surface area contributed by atoms with Gasteiger partial charge in [-0.3, -0.25) is 4.84 Å². The average molecular weight is 157 g/mol. The molecular formula is C9H19NO. The minimum absolute atomic E-state index is 0.825. The Kier molecular flexibility index (Phi) is 3.87. The molecule has 0 N–H and O–H groups in total. The lowest BCUT2D eigenvalue weighted by molar-refractivity contribution is -0.135. The lowest BCUT2D eigenvalue weighted by atomic mass is 9.90. The highest BCUT2D eigenvalue weighted by atomic mass is 16.7. The summed E-state index contributed by atoms with van der Waals surface area (Å²) in [6.45, 7) is 0.924. The predicted molar refractivity (Wildman–Crippen MR) is 46.2 cm³/mol. The van der Waals surface area contributed by atoms with E-state index in [9.17, 15) is 0 Å². The molecule has 2 nitrogen and oxygen atoms in total. The topological polar surface area (TPSA) is 12.5 Å². The maximum Gasteiger partial charge on any atom is 0.0713 e. The van der Waals surface area contributed by atoms with Crippen molar-refractivity contribution in [3.05, 3.63) is 0 Å². The van der Waals surface area contributed by atoms with Crippen molar-refractivity contribution >= 4 is 0 Å². The minimum atomic E-state index is 0.825. The average Bonchev–Trinajstić information content (AvgIpc) is 2.03. The van der Waals surface area contributed by atoms with Crippen molar-refractivity contribution in [1.29, 1.82) is 0 Å². The van der Waals surface area contributed by atoms with Crippen molar-refractivity contribution in [2.24, 2.45) is 5.92 Å². The third-order valence-corrected chi connectivity index (χ3v) is 2.29. The van der Waals surface area contributed by atoms with Crippen LogP contribution in [0.5, 0.6) is 0 Å². The Hall–Kier alpha value is -0.0800. The van der Waals surface area contributed by atoms with Gasteiger partial charge in [-0.1, -0.05) is 19.3 Å². The SMILES string of the molecule is CN(C)OCC1CCCCC1. The first-order valence-electron chi connectivity index (χ1n) is 4.59. The first kappa shape index (κ1) is 9.01. The highest BCUT2D eigenvalue weighted by molar-refractivity contribution is 4.64. The zero-order chi connectivity index (χ0) is 8.10. The molecule has 11 heavy (non-hydrogen) atoms. The zero-order valence-electron chi connectivity index (χ0n) is 7.68. The van der Waals surface area contributed by atoms with E-state index in [1.165, 1.54) is 32.1 Å². The van der Waals surface area contributed by atoms with Gasteiger partial charge in [-0.15, -0.1) is 0 Å². The molecule has 1 aliphatic rings. The fraction of sp³-hybridized carbons (Fsp3) is 1.00. The summed E-state index contributed by atoms with van der Waals surface area (Å²) in [6.07, 6.45) is 6.98. The second-order valence-electron chi connectivity index (χ2n) is 3.61. The second-order valence-corrected chi connectivity index (χ2v) is 3.61. The van der Waals surface area contributed by atoms with Crippen LogP contribution in [0.4, 0.5) is 0 Å². The largest absolute Gasteiger partial charge is 0.299 e. The van der Waals surface area contributed by atoms with Gasteiger partial charge in [0.15, 0.2) is 0 Å². The smallest absolute Gasteiger partial charge is 0.0713 e. The molecule has 0 unspecified atom stereocenters. The van der Waals surface area contributed by atoms with Gasteiger partial charge in [0.2, 0.25) is 0 Å². The lowest BCUT2D eigenvalue weighted by Crippen LogP contribution is -2.20. The molecule has 1 rings (SSSR count). The third kappa shape index (κ3) is 3.73. The summed E-state index contributed by atoms with van der Waals surface area (Å²) < 4.78 is 0. The Morgan fingerprint density at radius 3 is 2.36 bits per heavy atom. The van der Waals surface area contributed by atoms with Crippen LogP contribution < -0.4 is 0 Å². The van der Waals surface area contributed by atoms with Gasteiger partial charge in [-0.05, 0) is 18.8 Å². The lowest BCUT2D eigenvalue weighted by Gasteiger charge is -2.22. The second kappa shape index (κ2) is 4.73. The predicted octanol–water partition coefficient (Wildman–Crippen LogP) is 2.06. The van der Waals surface area contributed by atoms with E-state index < -0.39 is 0 Å². The fourth-order valence-electron chi connectivity index (χ4n) is 1.61. The van der Waals surface area contributed by atoms with Crippen LogP contribution in [-0.4, -0.2) is 25.8 Å². The summed E-state index contributed by atoms with van der Waals surface area (Å²) in [6, 6.07) is 0. The normalized spacial score (nSPS) is 21.0. The molecule has 2 heteroatoms. The quantitative estimate of drug-likeness (QED) is 0.581. The van der Waals surface area contributed by atoms with Crippen LogP contribution in [-0.2, 0) is 4.84 Å². The zero-order valence-corrected chi connectivity index (χ0v) is 7.68. The van der Waals surface area contributed by atoms with Crippen LogP contribution >= 0.6 is 0 Å². The van der Waals surface area contributed by atoms with E-state index in [0.29, 0.717) is 0 Å². The monoisotopic (exact) mass is 157 g/mol.